The molecule has 1 aliphatic rings. The Morgan fingerprint density at radius 2 is 1.65 bits per heavy atom. The summed E-state index contributed by atoms with van der Waals surface area (Å²) >= 11 is 0. The summed E-state index contributed by atoms with van der Waals surface area (Å²) in [7, 11) is -1.24. The Hall–Kier alpha value is -3.63. The monoisotopic (exact) mass is 522 g/mol. The zero-order valence-corrected chi connectivity index (χ0v) is 22.1. The summed E-state index contributed by atoms with van der Waals surface area (Å²) in [5.74, 6) is 0.00773. The van der Waals surface area contributed by atoms with Gasteiger partial charge in [-0.1, -0.05) is 19.1 Å². The van der Waals surface area contributed by atoms with Crippen LogP contribution >= 0.6 is 0 Å². The predicted octanol–water partition coefficient (Wildman–Crippen LogP) is 2.98. The summed E-state index contributed by atoms with van der Waals surface area (Å²) in [4.78, 5) is 36.8. The van der Waals surface area contributed by atoms with Crippen LogP contribution < -0.4 is 11.1 Å². The molecule has 1 fully saturated rings. The maximum Gasteiger partial charge on any atom is 0.253 e. The first kappa shape index (κ1) is 27.9. The van der Waals surface area contributed by atoms with Crippen LogP contribution in [0.3, 0.4) is 0 Å². The highest BCUT2D eigenvalue weighted by Gasteiger charge is 2.23. The van der Waals surface area contributed by atoms with Gasteiger partial charge in [0.25, 0.3) is 5.91 Å². The molecule has 9 nitrogen and oxygen atoms in total. The van der Waals surface area contributed by atoms with Crippen molar-refractivity contribution in [2.24, 2.45) is 15.7 Å². The van der Waals surface area contributed by atoms with Crippen LogP contribution in [0.15, 0.2) is 69.5 Å². The van der Waals surface area contributed by atoms with Crippen molar-refractivity contribution < 1.29 is 13.8 Å². The molecule has 0 saturated carbocycles. The fourth-order valence-corrected chi connectivity index (χ4v) is 4.83. The molecule has 10 heteroatoms. The number of allylic oxidation sites excluding steroid dienone is 1. The molecule has 0 bridgehead atoms. The fraction of sp³-hybridized carbons (Fsp3) is 0.333. The average Bonchev–Trinajstić information content (AvgIpc) is 2.94. The molecule has 37 heavy (non-hydrogen) atoms. The van der Waals surface area contributed by atoms with Gasteiger partial charge in [0.1, 0.15) is 6.67 Å². The molecule has 0 aromatic heterocycles. The minimum absolute atomic E-state index is 0.0325. The summed E-state index contributed by atoms with van der Waals surface area (Å²) < 4.78 is 12.3. The molecule has 1 saturated heterocycles. The van der Waals surface area contributed by atoms with Crippen LogP contribution in [0, 0.1) is 0 Å². The van der Waals surface area contributed by atoms with Crippen LogP contribution in [0.2, 0.25) is 0 Å². The van der Waals surface area contributed by atoms with Crippen molar-refractivity contribution in [1.29, 1.82) is 0 Å². The van der Waals surface area contributed by atoms with E-state index in [1.165, 1.54) is 0 Å². The van der Waals surface area contributed by atoms with Gasteiger partial charge in [-0.25, -0.2) is 0 Å². The first-order valence-corrected chi connectivity index (χ1v) is 13.4. The number of nitrogens with zero attached hydrogens (tertiary/aromatic N) is 4. The third-order valence-corrected chi connectivity index (χ3v) is 7.71. The van der Waals surface area contributed by atoms with E-state index >= 15 is 0 Å². The molecule has 0 aliphatic carbocycles. The average molecular weight is 523 g/mol. The van der Waals surface area contributed by atoms with E-state index in [0.29, 0.717) is 55.4 Å². The molecule has 2 unspecified atom stereocenters. The molecule has 2 amide bonds. The summed E-state index contributed by atoms with van der Waals surface area (Å²) in [6.45, 7) is 9.64. The second-order valence-corrected chi connectivity index (χ2v) is 10.2. The zero-order valence-electron chi connectivity index (χ0n) is 21.3. The lowest BCUT2D eigenvalue weighted by atomic mass is 10.1. The van der Waals surface area contributed by atoms with Crippen LogP contribution in [-0.4, -0.2) is 77.0 Å². The largest absolute Gasteiger partial charge is 0.366 e. The molecule has 2 atom stereocenters. The maximum absolute atomic E-state index is 12.7. The highest BCUT2D eigenvalue weighted by atomic mass is 32.2. The highest BCUT2D eigenvalue weighted by molar-refractivity contribution is 7.85. The number of piperazine rings is 1. The topological polar surface area (TPSA) is 120 Å². The van der Waals surface area contributed by atoms with Crippen LogP contribution in [-0.2, 0) is 15.6 Å². The second kappa shape index (κ2) is 13.6. The van der Waals surface area contributed by atoms with Gasteiger partial charge in [0.15, 0.2) is 0 Å². The molecule has 2 aromatic carbocycles. The van der Waals surface area contributed by atoms with Gasteiger partial charge in [0.05, 0.1) is 21.9 Å². The number of carbonyl (C=O) groups is 2. The molecule has 3 rings (SSSR count). The van der Waals surface area contributed by atoms with E-state index in [9.17, 15) is 13.8 Å². The Labute approximate surface area is 220 Å². The van der Waals surface area contributed by atoms with Gasteiger partial charge in [-0.15, -0.1) is 0 Å². The van der Waals surface area contributed by atoms with Crippen LogP contribution in [0.25, 0.3) is 5.70 Å². The molecule has 1 heterocycles. The Morgan fingerprint density at radius 1 is 1.05 bits per heavy atom. The van der Waals surface area contributed by atoms with Gasteiger partial charge in [0, 0.05) is 61.0 Å². The van der Waals surface area contributed by atoms with Crippen LogP contribution in [0.5, 0.6) is 0 Å². The van der Waals surface area contributed by atoms with Crippen molar-refractivity contribution in [1.82, 2.24) is 9.80 Å². The van der Waals surface area contributed by atoms with E-state index < -0.39 is 10.8 Å². The molecule has 0 radical (unpaired) electrons. The Bertz CT molecular complexity index is 1170. The molecule has 0 spiro atoms. The van der Waals surface area contributed by atoms with Crippen LogP contribution in [0.1, 0.15) is 36.2 Å². The smallest absolute Gasteiger partial charge is 0.253 e. The number of rotatable bonds is 10. The summed E-state index contributed by atoms with van der Waals surface area (Å²) in [5, 5.41) is 2.80. The van der Waals surface area contributed by atoms with Crippen molar-refractivity contribution in [2.75, 3.05) is 38.2 Å². The van der Waals surface area contributed by atoms with Gasteiger partial charge in [-0.05, 0) is 55.6 Å². The van der Waals surface area contributed by atoms with Crippen molar-refractivity contribution in [3.8, 4) is 0 Å². The molecule has 2 aromatic rings. The third kappa shape index (κ3) is 7.68. The quantitative estimate of drug-likeness (QED) is 0.465. The van der Waals surface area contributed by atoms with E-state index in [1.807, 2.05) is 31.2 Å². The van der Waals surface area contributed by atoms with E-state index in [4.69, 9.17) is 5.73 Å². The SMILES string of the molecule is C=N/C(=C\C=N/CNc1ccc(C(=O)N2CCN(C(C)=O)CC2)cc1)c1ccc(S(=O)C(N)CC)cc1. The first-order valence-electron chi connectivity index (χ1n) is 12.2. The van der Waals surface area contributed by atoms with Gasteiger partial charge in [-0.3, -0.25) is 23.8 Å². The lowest BCUT2D eigenvalue weighted by Crippen LogP contribution is -2.50. The molecule has 3 N–H and O–H groups in total. The van der Waals surface area contributed by atoms with E-state index in [1.54, 1.807) is 53.3 Å². The zero-order chi connectivity index (χ0) is 26.8. The van der Waals surface area contributed by atoms with Gasteiger partial charge in [0.2, 0.25) is 5.91 Å². The molecular formula is C27H34N6O3S. The second-order valence-electron chi connectivity index (χ2n) is 8.52. The summed E-state index contributed by atoms with van der Waals surface area (Å²) in [5.41, 5.74) is 8.82. The number of benzene rings is 2. The molecule has 196 valence electrons. The number of aliphatic imine (C=N–C) groups is 2. The first-order chi connectivity index (χ1) is 17.8. The lowest BCUT2D eigenvalue weighted by molar-refractivity contribution is -0.130. The van der Waals surface area contributed by atoms with Gasteiger partial charge < -0.3 is 20.9 Å². The van der Waals surface area contributed by atoms with E-state index in [0.717, 1.165) is 11.3 Å². The number of nitrogens with two attached hydrogens (primary N) is 1. The van der Waals surface area contributed by atoms with Crippen LogP contribution in [0.4, 0.5) is 5.69 Å². The number of hydrogen-bond acceptors (Lipinski definition) is 7. The standard InChI is InChI=1S/C27H34N6O3S/c1-4-26(28)37(36)24-11-7-21(8-12-24)25(29-3)13-14-30-19-31-23-9-5-22(6-10-23)27(35)33-17-15-32(16-18-33)20(2)34/h5-14,26,31H,3-4,15-19,28H2,1-2H3/b25-13-,30-14-. The Balaban J connectivity index is 1.50. The molecule has 1 aliphatic heterocycles. The lowest BCUT2D eigenvalue weighted by Gasteiger charge is -2.34. The Kier molecular flexibility index (Phi) is 10.3. The minimum Gasteiger partial charge on any atom is -0.366 e. The predicted molar refractivity (Wildman–Crippen MR) is 150 cm³/mol. The number of anilines is 1. The van der Waals surface area contributed by atoms with E-state index in [2.05, 4.69) is 22.0 Å². The number of nitrogens with one attached hydrogen (secondary N) is 1. The van der Waals surface area contributed by atoms with Crippen molar-refractivity contribution in [3.63, 3.8) is 0 Å². The van der Waals surface area contributed by atoms with Crippen molar-refractivity contribution in [3.05, 3.63) is 65.7 Å². The van der Waals surface area contributed by atoms with Crippen molar-refractivity contribution >= 4 is 46.9 Å². The highest BCUT2D eigenvalue weighted by Crippen LogP contribution is 2.19. The third-order valence-electron chi connectivity index (χ3n) is 6.09. The maximum atomic E-state index is 12.7. The number of carbonyl (C=O) groups excluding carboxylic acids is 2. The minimum atomic E-state index is -1.24. The normalized spacial score (nSPS) is 15.9. The molecular weight excluding hydrogens is 488 g/mol. The number of hydrogen-bond donors (Lipinski definition) is 2. The van der Waals surface area contributed by atoms with Crippen molar-refractivity contribution in [2.45, 2.75) is 30.5 Å². The summed E-state index contributed by atoms with van der Waals surface area (Å²) in [6, 6.07) is 14.5. The van der Waals surface area contributed by atoms with Gasteiger partial charge in [-0.2, -0.15) is 0 Å². The summed E-state index contributed by atoms with van der Waals surface area (Å²) in [6.07, 6.45) is 4.04. The van der Waals surface area contributed by atoms with E-state index in [-0.39, 0.29) is 17.2 Å². The number of amides is 2. The Morgan fingerprint density at radius 3 is 2.22 bits per heavy atom. The van der Waals surface area contributed by atoms with Gasteiger partial charge >= 0.3 is 0 Å². The fourth-order valence-electron chi connectivity index (χ4n) is 3.78.